The molecule has 0 radical (unpaired) electrons. The molecule has 3 heterocycles. The number of nitro benzene ring substituents is 1. The standard InChI is InChI=1S/C28H24N4O4S2/c1-4-36-28(33)24-22(19-6-5-7-20(12-19)32(34)35)14-38-27(24)31-25-23-21(13-37-26(23)30-15-29-25)18-10-8-17(9-11-18)16(2)3/h5-16H,4H2,1-3H3,(H,29,30,31). The summed E-state index contributed by atoms with van der Waals surface area (Å²) in [7, 11) is 0. The van der Waals surface area contributed by atoms with Crippen molar-refractivity contribution in [3.8, 4) is 22.3 Å². The van der Waals surface area contributed by atoms with Gasteiger partial charge in [-0.1, -0.05) is 50.2 Å². The summed E-state index contributed by atoms with van der Waals surface area (Å²) in [4.78, 5) is 33.8. The first-order valence-electron chi connectivity index (χ1n) is 12.0. The zero-order valence-electron chi connectivity index (χ0n) is 20.9. The van der Waals surface area contributed by atoms with Gasteiger partial charge in [-0.05, 0) is 29.5 Å². The van der Waals surface area contributed by atoms with Crippen LogP contribution in [0.2, 0.25) is 0 Å². The topological polar surface area (TPSA) is 107 Å². The van der Waals surface area contributed by atoms with E-state index in [-0.39, 0.29) is 12.3 Å². The van der Waals surface area contributed by atoms with Crippen LogP contribution in [0.25, 0.3) is 32.5 Å². The number of benzene rings is 2. The number of ether oxygens (including phenoxy) is 1. The van der Waals surface area contributed by atoms with Gasteiger partial charge in [0, 0.05) is 34.0 Å². The second kappa shape index (κ2) is 10.7. The van der Waals surface area contributed by atoms with Crippen LogP contribution in [0.4, 0.5) is 16.5 Å². The summed E-state index contributed by atoms with van der Waals surface area (Å²) in [5, 5.41) is 19.9. The molecule has 192 valence electrons. The molecule has 38 heavy (non-hydrogen) atoms. The lowest BCUT2D eigenvalue weighted by Crippen LogP contribution is -2.08. The minimum absolute atomic E-state index is 0.0538. The van der Waals surface area contributed by atoms with Crippen LogP contribution in [-0.4, -0.2) is 27.5 Å². The highest BCUT2D eigenvalue weighted by molar-refractivity contribution is 7.17. The number of aromatic nitrogens is 2. The van der Waals surface area contributed by atoms with Crippen molar-refractivity contribution in [2.24, 2.45) is 0 Å². The smallest absolute Gasteiger partial charge is 0.341 e. The Bertz CT molecular complexity index is 1640. The van der Waals surface area contributed by atoms with Crippen molar-refractivity contribution in [1.82, 2.24) is 9.97 Å². The minimum Gasteiger partial charge on any atom is -0.462 e. The maximum Gasteiger partial charge on any atom is 0.341 e. The van der Waals surface area contributed by atoms with Crippen LogP contribution in [0.15, 0.2) is 65.6 Å². The molecule has 10 heteroatoms. The number of nitro groups is 1. The van der Waals surface area contributed by atoms with Crippen LogP contribution in [0, 0.1) is 10.1 Å². The molecule has 0 saturated carbocycles. The number of nitrogens with zero attached hydrogens (tertiary/aromatic N) is 3. The lowest BCUT2D eigenvalue weighted by atomic mass is 9.99. The maximum absolute atomic E-state index is 13.1. The molecule has 0 fully saturated rings. The average Bonchev–Trinajstić information content (AvgIpc) is 3.54. The van der Waals surface area contributed by atoms with Gasteiger partial charge in [0.05, 0.1) is 16.9 Å². The first-order chi connectivity index (χ1) is 18.4. The fraction of sp³-hybridized carbons (Fsp3) is 0.179. The monoisotopic (exact) mass is 544 g/mol. The van der Waals surface area contributed by atoms with E-state index in [1.165, 1.54) is 46.7 Å². The minimum atomic E-state index is -0.516. The summed E-state index contributed by atoms with van der Waals surface area (Å²) in [5.41, 5.74) is 4.67. The predicted molar refractivity (Wildman–Crippen MR) is 153 cm³/mol. The van der Waals surface area contributed by atoms with E-state index in [9.17, 15) is 14.9 Å². The molecular formula is C28H24N4O4S2. The number of anilines is 2. The molecule has 8 nitrogen and oxygen atoms in total. The molecule has 0 aliphatic heterocycles. The zero-order chi connectivity index (χ0) is 26.8. The Kier molecular flexibility index (Phi) is 7.17. The van der Waals surface area contributed by atoms with Gasteiger partial charge < -0.3 is 10.1 Å². The molecular weight excluding hydrogens is 520 g/mol. The third-order valence-corrected chi connectivity index (χ3v) is 7.91. The average molecular weight is 545 g/mol. The van der Waals surface area contributed by atoms with Crippen LogP contribution in [0.1, 0.15) is 42.6 Å². The molecule has 0 amide bonds. The van der Waals surface area contributed by atoms with E-state index in [0.717, 1.165) is 21.3 Å². The summed E-state index contributed by atoms with van der Waals surface area (Å²) in [6, 6.07) is 14.7. The number of esters is 1. The largest absolute Gasteiger partial charge is 0.462 e. The molecule has 0 aliphatic rings. The molecule has 0 aliphatic carbocycles. The number of hydrogen-bond acceptors (Lipinski definition) is 9. The quantitative estimate of drug-likeness (QED) is 0.120. The van der Waals surface area contributed by atoms with E-state index in [4.69, 9.17) is 4.74 Å². The summed E-state index contributed by atoms with van der Waals surface area (Å²) in [6.07, 6.45) is 1.49. The Morgan fingerprint density at radius 3 is 2.53 bits per heavy atom. The second-order valence-electron chi connectivity index (χ2n) is 8.83. The van der Waals surface area contributed by atoms with Gasteiger partial charge in [-0.25, -0.2) is 14.8 Å². The number of fused-ring (bicyclic) bond motifs is 1. The molecule has 0 unspecified atom stereocenters. The first kappa shape index (κ1) is 25.5. The van der Waals surface area contributed by atoms with Gasteiger partial charge in [0.15, 0.2) is 0 Å². The predicted octanol–water partition coefficient (Wildman–Crippen LogP) is 8.04. The summed E-state index contributed by atoms with van der Waals surface area (Å²) in [5.74, 6) is 0.485. The lowest BCUT2D eigenvalue weighted by Gasteiger charge is -2.11. The third-order valence-electron chi connectivity index (χ3n) is 6.13. The van der Waals surface area contributed by atoms with Crippen molar-refractivity contribution in [3.05, 3.63) is 86.9 Å². The number of hydrogen-bond donors (Lipinski definition) is 1. The van der Waals surface area contributed by atoms with Crippen LogP contribution in [0.5, 0.6) is 0 Å². The Hall–Kier alpha value is -4.15. The molecule has 3 aromatic heterocycles. The van der Waals surface area contributed by atoms with E-state index in [1.807, 2.05) is 0 Å². The normalized spacial score (nSPS) is 11.2. The number of nitrogens with one attached hydrogen (secondary N) is 1. The molecule has 0 atom stereocenters. The van der Waals surface area contributed by atoms with Crippen LogP contribution >= 0.6 is 22.7 Å². The van der Waals surface area contributed by atoms with Gasteiger partial charge in [0.2, 0.25) is 0 Å². The Balaban J connectivity index is 1.60. The van der Waals surface area contributed by atoms with Crippen LogP contribution in [-0.2, 0) is 4.74 Å². The van der Waals surface area contributed by atoms with E-state index in [1.54, 1.807) is 24.4 Å². The van der Waals surface area contributed by atoms with Crippen LogP contribution in [0.3, 0.4) is 0 Å². The SMILES string of the molecule is CCOC(=O)c1c(-c2cccc([N+](=O)[O-])c2)csc1Nc1ncnc2scc(-c3ccc(C(C)C)cc3)c12. The summed E-state index contributed by atoms with van der Waals surface area (Å²) >= 11 is 2.84. The van der Waals surface area contributed by atoms with Gasteiger partial charge in [-0.2, -0.15) is 0 Å². The molecule has 5 rings (SSSR count). The lowest BCUT2D eigenvalue weighted by molar-refractivity contribution is -0.384. The van der Waals surface area contributed by atoms with Crippen molar-refractivity contribution in [2.75, 3.05) is 11.9 Å². The van der Waals surface area contributed by atoms with E-state index in [0.29, 0.717) is 33.4 Å². The van der Waals surface area contributed by atoms with Crippen molar-refractivity contribution in [3.63, 3.8) is 0 Å². The van der Waals surface area contributed by atoms with Gasteiger partial charge >= 0.3 is 5.97 Å². The zero-order valence-corrected chi connectivity index (χ0v) is 22.6. The number of rotatable bonds is 8. The number of non-ortho nitro benzene ring substituents is 1. The summed E-state index contributed by atoms with van der Waals surface area (Å²) in [6.45, 7) is 6.26. The van der Waals surface area contributed by atoms with Gasteiger partial charge in [-0.3, -0.25) is 10.1 Å². The highest BCUT2D eigenvalue weighted by Gasteiger charge is 2.24. The Morgan fingerprint density at radius 1 is 1.05 bits per heavy atom. The van der Waals surface area contributed by atoms with E-state index in [2.05, 4.69) is 58.8 Å². The number of carbonyl (C=O) groups is 1. The second-order valence-corrected chi connectivity index (χ2v) is 10.6. The highest BCUT2D eigenvalue weighted by Crippen LogP contribution is 2.42. The molecule has 5 aromatic rings. The van der Waals surface area contributed by atoms with Gasteiger partial charge in [0.25, 0.3) is 5.69 Å². The van der Waals surface area contributed by atoms with Gasteiger partial charge in [-0.15, -0.1) is 22.7 Å². The Labute approximate surface area is 227 Å². The third kappa shape index (κ3) is 4.88. The fourth-order valence-electron chi connectivity index (χ4n) is 4.19. The van der Waals surface area contributed by atoms with Crippen molar-refractivity contribution in [1.29, 1.82) is 0 Å². The van der Waals surface area contributed by atoms with E-state index >= 15 is 0 Å². The maximum atomic E-state index is 13.1. The van der Waals surface area contributed by atoms with Crippen molar-refractivity contribution in [2.45, 2.75) is 26.7 Å². The number of carbonyl (C=O) groups excluding carboxylic acids is 1. The van der Waals surface area contributed by atoms with Crippen LogP contribution < -0.4 is 5.32 Å². The first-order valence-corrected chi connectivity index (χ1v) is 13.8. The number of thiophene rings is 2. The molecule has 1 N–H and O–H groups in total. The fourth-order valence-corrected chi connectivity index (χ4v) is 6.07. The summed E-state index contributed by atoms with van der Waals surface area (Å²) < 4.78 is 5.36. The van der Waals surface area contributed by atoms with Gasteiger partial charge in [0.1, 0.15) is 27.5 Å². The van der Waals surface area contributed by atoms with Crippen molar-refractivity contribution >= 4 is 55.4 Å². The Morgan fingerprint density at radius 2 is 1.82 bits per heavy atom. The van der Waals surface area contributed by atoms with E-state index < -0.39 is 10.9 Å². The highest BCUT2D eigenvalue weighted by atomic mass is 32.1. The molecule has 0 spiro atoms. The molecule has 0 bridgehead atoms. The molecule has 0 saturated heterocycles. The molecule has 2 aromatic carbocycles. The van der Waals surface area contributed by atoms with Crippen molar-refractivity contribution < 1.29 is 14.5 Å².